The fraction of sp³-hybridized carbons (Fsp3) is 0.667. The Hall–Kier alpha value is -0.930. The van der Waals surface area contributed by atoms with E-state index in [9.17, 15) is 4.39 Å². The van der Waals surface area contributed by atoms with Crippen LogP contribution < -0.4 is 10.6 Å². The molecule has 0 spiro atoms. The van der Waals surface area contributed by atoms with E-state index in [4.69, 9.17) is 4.99 Å². The summed E-state index contributed by atoms with van der Waals surface area (Å²) in [7, 11) is 0. The van der Waals surface area contributed by atoms with Crippen LogP contribution in [0.4, 0.5) is 4.39 Å². The molecule has 1 fully saturated rings. The highest BCUT2D eigenvalue weighted by Crippen LogP contribution is 2.10. The number of hydrogen-bond donors (Lipinski definition) is 2. The van der Waals surface area contributed by atoms with Gasteiger partial charge in [-0.05, 0) is 57.0 Å². The largest absolute Gasteiger partial charge is 0.357 e. The van der Waals surface area contributed by atoms with Gasteiger partial charge in [0.1, 0.15) is 5.82 Å². The van der Waals surface area contributed by atoms with Crippen molar-refractivity contribution in [2.24, 2.45) is 4.99 Å². The van der Waals surface area contributed by atoms with Crippen molar-refractivity contribution in [2.75, 3.05) is 52.4 Å². The molecule has 0 aliphatic carbocycles. The van der Waals surface area contributed by atoms with Crippen molar-refractivity contribution < 1.29 is 4.39 Å². The summed E-state index contributed by atoms with van der Waals surface area (Å²) in [6.45, 7) is 16.6. The molecule has 1 aromatic carbocycles. The third-order valence-corrected chi connectivity index (χ3v) is 5.33. The molecule has 1 aromatic rings. The number of benzene rings is 1. The van der Waals surface area contributed by atoms with Crippen LogP contribution in [0.1, 0.15) is 31.9 Å². The normalized spacial score (nSPS) is 17.1. The van der Waals surface area contributed by atoms with E-state index in [2.05, 4.69) is 41.2 Å². The second-order valence-corrected chi connectivity index (χ2v) is 7.29. The maximum absolute atomic E-state index is 13.2. The summed E-state index contributed by atoms with van der Waals surface area (Å²) in [5.74, 6) is 0.684. The number of aryl methyl sites for hydroxylation is 1. The molecule has 1 aliphatic rings. The summed E-state index contributed by atoms with van der Waals surface area (Å²) >= 11 is 0. The Labute approximate surface area is 187 Å². The fourth-order valence-corrected chi connectivity index (χ4v) is 3.46. The van der Waals surface area contributed by atoms with Gasteiger partial charge in [-0.2, -0.15) is 0 Å². The molecule has 0 aromatic heterocycles. The van der Waals surface area contributed by atoms with Gasteiger partial charge in [0.05, 0.1) is 6.54 Å². The minimum absolute atomic E-state index is 0. The summed E-state index contributed by atoms with van der Waals surface area (Å²) in [5, 5.41) is 6.72. The number of guanidine groups is 1. The van der Waals surface area contributed by atoms with E-state index in [1.807, 2.05) is 13.0 Å². The zero-order valence-electron chi connectivity index (χ0n) is 17.8. The number of likely N-dealkylation sites (N-methyl/N-ethyl adjacent to an activating group) is 1. The lowest BCUT2D eigenvalue weighted by molar-refractivity contribution is 0.109. The Morgan fingerprint density at radius 1 is 1.18 bits per heavy atom. The molecule has 160 valence electrons. The Bertz CT molecular complexity index is 602. The Morgan fingerprint density at radius 2 is 1.89 bits per heavy atom. The lowest BCUT2D eigenvalue weighted by Gasteiger charge is -2.37. The molecule has 2 N–H and O–H groups in total. The van der Waals surface area contributed by atoms with Gasteiger partial charge in [-0.25, -0.2) is 4.39 Å². The van der Waals surface area contributed by atoms with Gasteiger partial charge in [0.15, 0.2) is 5.96 Å². The molecule has 7 heteroatoms. The first-order chi connectivity index (χ1) is 13.0. The Morgan fingerprint density at radius 3 is 2.50 bits per heavy atom. The zero-order chi connectivity index (χ0) is 19.6. The van der Waals surface area contributed by atoms with Gasteiger partial charge in [-0.15, -0.1) is 24.0 Å². The predicted octanol–water partition coefficient (Wildman–Crippen LogP) is 2.88. The number of rotatable bonds is 8. The van der Waals surface area contributed by atoms with Crippen LogP contribution in [0.15, 0.2) is 23.2 Å². The number of halogens is 2. The number of aliphatic imine (C=N–C) groups is 1. The number of hydrogen-bond acceptors (Lipinski definition) is 3. The molecule has 1 atom stereocenters. The summed E-state index contributed by atoms with van der Waals surface area (Å²) < 4.78 is 13.2. The topological polar surface area (TPSA) is 42.9 Å². The highest BCUT2D eigenvalue weighted by Gasteiger charge is 2.19. The molecule has 2 rings (SSSR count). The van der Waals surface area contributed by atoms with Gasteiger partial charge in [-0.3, -0.25) is 9.89 Å². The maximum atomic E-state index is 13.2. The van der Waals surface area contributed by atoms with Crippen molar-refractivity contribution in [1.82, 2.24) is 20.4 Å². The second-order valence-electron chi connectivity index (χ2n) is 7.29. The number of piperazine rings is 1. The van der Waals surface area contributed by atoms with Crippen LogP contribution in [-0.4, -0.2) is 74.2 Å². The quantitative estimate of drug-likeness (QED) is 0.324. The van der Waals surface area contributed by atoms with Gasteiger partial charge in [0.2, 0.25) is 0 Å². The van der Waals surface area contributed by atoms with Crippen LogP contribution in [0.25, 0.3) is 0 Å². The van der Waals surface area contributed by atoms with E-state index in [1.54, 1.807) is 6.07 Å². The average molecular weight is 505 g/mol. The monoisotopic (exact) mass is 505 g/mol. The SMILES string of the molecule is CCNC(=NCC(C)N1CCN(CC)CC1)NCCc1ccc(F)cc1C.I. The average Bonchev–Trinajstić information content (AvgIpc) is 2.67. The molecule has 1 unspecified atom stereocenters. The summed E-state index contributed by atoms with van der Waals surface area (Å²) in [6, 6.07) is 5.43. The third-order valence-electron chi connectivity index (χ3n) is 5.33. The minimum Gasteiger partial charge on any atom is -0.357 e. The van der Waals surface area contributed by atoms with Crippen LogP contribution in [0, 0.1) is 12.7 Å². The molecule has 1 saturated heterocycles. The molecular weight excluding hydrogens is 468 g/mol. The van der Waals surface area contributed by atoms with E-state index in [1.165, 1.54) is 11.6 Å². The van der Waals surface area contributed by atoms with Crippen molar-refractivity contribution in [3.63, 3.8) is 0 Å². The lowest BCUT2D eigenvalue weighted by atomic mass is 10.1. The van der Waals surface area contributed by atoms with Gasteiger partial charge < -0.3 is 15.5 Å². The number of nitrogens with zero attached hydrogens (tertiary/aromatic N) is 3. The molecule has 0 bridgehead atoms. The zero-order valence-corrected chi connectivity index (χ0v) is 20.1. The van der Waals surface area contributed by atoms with Crippen molar-refractivity contribution >= 4 is 29.9 Å². The van der Waals surface area contributed by atoms with Crippen LogP contribution >= 0.6 is 24.0 Å². The first-order valence-corrected chi connectivity index (χ1v) is 10.3. The van der Waals surface area contributed by atoms with Gasteiger partial charge >= 0.3 is 0 Å². The van der Waals surface area contributed by atoms with Crippen LogP contribution in [0.5, 0.6) is 0 Å². The first kappa shape index (κ1) is 25.1. The lowest BCUT2D eigenvalue weighted by Crippen LogP contribution is -2.50. The minimum atomic E-state index is -0.173. The van der Waals surface area contributed by atoms with E-state index in [-0.39, 0.29) is 29.8 Å². The van der Waals surface area contributed by atoms with E-state index in [0.29, 0.717) is 6.04 Å². The predicted molar refractivity (Wildman–Crippen MR) is 127 cm³/mol. The van der Waals surface area contributed by atoms with Crippen LogP contribution in [-0.2, 0) is 6.42 Å². The Balaban J connectivity index is 0.00000392. The number of nitrogens with one attached hydrogen (secondary N) is 2. The van der Waals surface area contributed by atoms with Gasteiger partial charge in [0.25, 0.3) is 0 Å². The van der Waals surface area contributed by atoms with Crippen LogP contribution in [0.3, 0.4) is 0 Å². The smallest absolute Gasteiger partial charge is 0.191 e. The van der Waals surface area contributed by atoms with Gasteiger partial charge in [0, 0.05) is 45.3 Å². The first-order valence-electron chi connectivity index (χ1n) is 10.3. The van der Waals surface area contributed by atoms with E-state index in [0.717, 1.165) is 70.3 Å². The van der Waals surface area contributed by atoms with Crippen molar-refractivity contribution in [2.45, 2.75) is 40.2 Å². The van der Waals surface area contributed by atoms with Crippen molar-refractivity contribution in [3.05, 3.63) is 35.1 Å². The summed E-state index contributed by atoms with van der Waals surface area (Å²) in [5.41, 5.74) is 2.17. The van der Waals surface area contributed by atoms with Crippen molar-refractivity contribution in [3.8, 4) is 0 Å². The highest BCUT2D eigenvalue weighted by atomic mass is 127. The third kappa shape index (κ3) is 8.21. The summed E-state index contributed by atoms with van der Waals surface area (Å²) in [6.07, 6.45) is 0.852. The fourth-order valence-electron chi connectivity index (χ4n) is 3.46. The molecule has 0 amide bonds. The molecule has 1 aliphatic heterocycles. The highest BCUT2D eigenvalue weighted by molar-refractivity contribution is 14.0. The Kier molecular flexibility index (Phi) is 11.9. The standard InChI is InChI=1S/C21H36FN5.HI/c1-5-23-21(24-10-9-19-7-8-20(22)15-17(19)3)25-16-18(4)27-13-11-26(6-2)12-14-27;/h7-8,15,18H,5-6,9-14,16H2,1-4H3,(H2,23,24,25);1H. The van der Waals surface area contributed by atoms with E-state index < -0.39 is 0 Å². The molecule has 0 radical (unpaired) electrons. The molecular formula is C21H37FIN5. The maximum Gasteiger partial charge on any atom is 0.191 e. The molecule has 28 heavy (non-hydrogen) atoms. The van der Waals surface area contributed by atoms with Crippen LogP contribution in [0.2, 0.25) is 0 Å². The molecule has 0 saturated carbocycles. The summed E-state index contributed by atoms with van der Waals surface area (Å²) in [4.78, 5) is 9.80. The molecule has 1 heterocycles. The second kappa shape index (κ2) is 13.3. The molecule has 5 nitrogen and oxygen atoms in total. The van der Waals surface area contributed by atoms with E-state index >= 15 is 0 Å². The van der Waals surface area contributed by atoms with Gasteiger partial charge in [-0.1, -0.05) is 13.0 Å². The van der Waals surface area contributed by atoms with Crippen molar-refractivity contribution in [1.29, 1.82) is 0 Å².